The molecule has 144 valence electrons. The minimum Gasteiger partial charge on any atom is -0.494 e. The largest absolute Gasteiger partial charge is 0.494 e. The van der Waals surface area contributed by atoms with Gasteiger partial charge in [0, 0.05) is 11.6 Å². The summed E-state index contributed by atoms with van der Waals surface area (Å²) in [5.74, 6) is 0.637. The van der Waals surface area contributed by atoms with Gasteiger partial charge >= 0.3 is 0 Å². The van der Waals surface area contributed by atoms with Gasteiger partial charge in [-0.05, 0) is 28.5 Å². The predicted molar refractivity (Wildman–Crippen MR) is 108 cm³/mol. The number of hydrogen-bond donors (Lipinski definition) is 0. The number of nitro groups is 1. The highest BCUT2D eigenvalue weighted by molar-refractivity contribution is 5.62. The molecule has 0 heterocycles. The lowest BCUT2D eigenvalue weighted by Gasteiger charge is -2.27. The van der Waals surface area contributed by atoms with Crippen LogP contribution in [0.15, 0.2) is 46.6 Å². The molecule has 2 aromatic rings. The first-order chi connectivity index (χ1) is 12.4. The summed E-state index contributed by atoms with van der Waals surface area (Å²) in [6.07, 6.45) is 0. The van der Waals surface area contributed by atoms with Crippen molar-refractivity contribution in [3.8, 4) is 5.75 Å². The standard InChI is InChI=1S/C21H27N3O3/c1-20(2,3)14-12-15(21(4,5)6)19(27-7)17(13-14)23-22-16-10-8-9-11-18(16)24(25)26/h8-13H,1-7H3. The van der Waals surface area contributed by atoms with Crippen molar-refractivity contribution in [2.24, 2.45) is 10.2 Å². The molecular weight excluding hydrogens is 342 g/mol. The average Bonchev–Trinajstić information content (AvgIpc) is 2.57. The summed E-state index contributed by atoms with van der Waals surface area (Å²) < 4.78 is 5.65. The zero-order valence-corrected chi connectivity index (χ0v) is 17.0. The minimum absolute atomic E-state index is 0.0803. The Morgan fingerprint density at radius 2 is 1.52 bits per heavy atom. The molecule has 2 rings (SSSR count). The van der Waals surface area contributed by atoms with Gasteiger partial charge in [0.05, 0.1) is 12.0 Å². The van der Waals surface area contributed by atoms with Gasteiger partial charge in [-0.3, -0.25) is 10.1 Å². The number of hydrogen-bond acceptors (Lipinski definition) is 5. The summed E-state index contributed by atoms with van der Waals surface area (Å²) in [6.45, 7) is 12.7. The second-order valence-electron chi connectivity index (χ2n) is 8.52. The van der Waals surface area contributed by atoms with Gasteiger partial charge in [0.15, 0.2) is 5.69 Å². The molecule has 0 radical (unpaired) electrons. The molecule has 0 N–H and O–H groups in total. The highest BCUT2D eigenvalue weighted by atomic mass is 16.6. The molecule has 0 amide bonds. The normalized spacial score (nSPS) is 12.4. The van der Waals surface area contributed by atoms with Crippen molar-refractivity contribution < 1.29 is 9.66 Å². The van der Waals surface area contributed by atoms with E-state index in [9.17, 15) is 10.1 Å². The first kappa shape index (κ1) is 20.6. The van der Waals surface area contributed by atoms with E-state index in [1.165, 1.54) is 6.07 Å². The fourth-order valence-corrected chi connectivity index (χ4v) is 2.70. The van der Waals surface area contributed by atoms with Crippen molar-refractivity contribution in [3.63, 3.8) is 0 Å². The van der Waals surface area contributed by atoms with Crippen LogP contribution in [0.1, 0.15) is 52.7 Å². The van der Waals surface area contributed by atoms with Crippen LogP contribution in [0.3, 0.4) is 0 Å². The number of azo groups is 1. The maximum absolute atomic E-state index is 11.2. The summed E-state index contributed by atoms with van der Waals surface area (Å²) >= 11 is 0. The molecule has 0 aliphatic carbocycles. The Hall–Kier alpha value is -2.76. The van der Waals surface area contributed by atoms with Crippen LogP contribution in [0.2, 0.25) is 0 Å². The molecule has 0 fully saturated rings. The highest BCUT2D eigenvalue weighted by Gasteiger charge is 2.26. The average molecular weight is 369 g/mol. The van der Waals surface area contributed by atoms with Crippen molar-refractivity contribution in [3.05, 3.63) is 57.6 Å². The number of ether oxygens (including phenoxy) is 1. The molecule has 0 atom stereocenters. The van der Waals surface area contributed by atoms with Gasteiger partial charge in [0.25, 0.3) is 5.69 Å². The lowest BCUT2D eigenvalue weighted by atomic mass is 9.80. The summed E-state index contributed by atoms with van der Waals surface area (Å²) in [5.41, 5.74) is 2.57. The van der Waals surface area contributed by atoms with Crippen LogP contribution in [-0.4, -0.2) is 12.0 Å². The third-order valence-electron chi connectivity index (χ3n) is 4.29. The molecule has 0 aromatic heterocycles. The van der Waals surface area contributed by atoms with E-state index in [0.29, 0.717) is 11.4 Å². The van der Waals surface area contributed by atoms with Crippen molar-refractivity contribution in [1.29, 1.82) is 0 Å². The van der Waals surface area contributed by atoms with Gasteiger partial charge in [-0.15, -0.1) is 10.2 Å². The van der Waals surface area contributed by atoms with E-state index >= 15 is 0 Å². The number of para-hydroxylation sites is 1. The SMILES string of the molecule is COc1c(N=Nc2ccccc2[N+](=O)[O-])cc(C(C)(C)C)cc1C(C)(C)C. The summed E-state index contributed by atoms with van der Waals surface area (Å²) in [6, 6.07) is 10.4. The van der Waals surface area contributed by atoms with Crippen LogP contribution in [0.5, 0.6) is 5.75 Å². The Labute approximate surface area is 160 Å². The molecular formula is C21H27N3O3. The fraction of sp³-hybridized carbons (Fsp3) is 0.429. The van der Waals surface area contributed by atoms with Crippen LogP contribution >= 0.6 is 0 Å². The van der Waals surface area contributed by atoms with E-state index in [0.717, 1.165) is 11.1 Å². The molecule has 0 spiro atoms. The molecule has 6 heteroatoms. The highest BCUT2D eigenvalue weighted by Crippen LogP contribution is 2.43. The summed E-state index contributed by atoms with van der Waals surface area (Å²) in [7, 11) is 1.60. The van der Waals surface area contributed by atoms with Crippen LogP contribution < -0.4 is 4.74 Å². The quantitative estimate of drug-likeness (QED) is 0.345. The molecule has 0 bridgehead atoms. The predicted octanol–water partition coefficient (Wildman–Crippen LogP) is 6.61. The molecule has 0 saturated carbocycles. The molecule has 0 aliphatic heterocycles. The molecule has 27 heavy (non-hydrogen) atoms. The van der Waals surface area contributed by atoms with Gasteiger partial charge in [0.2, 0.25) is 0 Å². The Balaban J connectivity index is 2.67. The van der Waals surface area contributed by atoms with E-state index in [2.05, 4.69) is 57.8 Å². The number of nitro benzene ring substituents is 1. The Morgan fingerprint density at radius 1 is 0.926 bits per heavy atom. The zero-order chi connectivity index (χ0) is 20.4. The van der Waals surface area contributed by atoms with E-state index in [4.69, 9.17) is 4.74 Å². The molecule has 0 saturated heterocycles. The third kappa shape index (κ3) is 4.70. The Morgan fingerprint density at radius 3 is 2.04 bits per heavy atom. The number of benzene rings is 2. The minimum atomic E-state index is -0.461. The van der Waals surface area contributed by atoms with Gasteiger partial charge in [0.1, 0.15) is 11.4 Å². The van der Waals surface area contributed by atoms with Gasteiger partial charge in [-0.1, -0.05) is 59.7 Å². The lowest BCUT2D eigenvalue weighted by Crippen LogP contribution is -2.17. The third-order valence-corrected chi connectivity index (χ3v) is 4.29. The fourth-order valence-electron chi connectivity index (χ4n) is 2.70. The maximum Gasteiger partial charge on any atom is 0.296 e. The van der Waals surface area contributed by atoms with Crippen molar-refractivity contribution in [2.45, 2.75) is 52.4 Å². The molecule has 0 aliphatic rings. The van der Waals surface area contributed by atoms with Crippen molar-refractivity contribution >= 4 is 17.1 Å². The lowest BCUT2D eigenvalue weighted by molar-refractivity contribution is -0.384. The number of rotatable bonds is 4. The van der Waals surface area contributed by atoms with E-state index in [1.807, 2.05) is 6.07 Å². The van der Waals surface area contributed by atoms with E-state index in [-0.39, 0.29) is 22.2 Å². The summed E-state index contributed by atoms with van der Waals surface area (Å²) in [5, 5.41) is 19.7. The molecule has 6 nitrogen and oxygen atoms in total. The van der Waals surface area contributed by atoms with Crippen LogP contribution in [0, 0.1) is 10.1 Å². The van der Waals surface area contributed by atoms with Gasteiger partial charge in [-0.2, -0.15) is 0 Å². The molecule has 2 aromatic carbocycles. The topological polar surface area (TPSA) is 77.1 Å². The zero-order valence-electron chi connectivity index (χ0n) is 17.0. The molecule has 0 unspecified atom stereocenters. The van der Waals surface area contributed by atoms with Gasteiger partial charge in [-0.25, -0.2) is 0 Å². The monoisotopic (exact) mass is 369 g/mol. The van der Waals surface area contributed by atoms with Crippen LogP contribution in [0.25, 0.3) is 0 Å². The van der Waals surface area contributed by atoms with Gasteiger partial charge < -0.3 is 4.74 Å². The second kappa shape index (κ2) is 7.47. The van der Waals surface area contributed by atoms with E-state index < -0.39 is 4.92 Å². The Bertz CT molecular complexity index is 875. The first-order valence-electron chi connectivity index (χ1n) is 8.83. The number of methoxy groups -OCH3 is 1. The maximum atomic E-state index is 11.2. The van der Waals surface area contributed by atoms with Crippen molar-refractivity contribution in [1.82, 2.24) is 0 Å². The van der Waals surface area contributed by atoms with Crippen LogP contribution in [-0.2, 0) is 10.8 Å². The second-order valence-corrected chi connectivity index (χ2v) is 8.52. The Kier molecular flexibility index (Phi) is 5.68. The van der Waals surface area contributed by atoms with E-state index in [1.54, 1.807) is 25.3 Å². The van der Waals surface area contributed by atoms with Crippen LogP contribution in [0.4, 0.5) is 17.1 Å². The summed E-state index contributed by atoms with van der Waals surface area (Å²) in [4.78, 5) is 10.7. The number of nitrogens with zero attached hydrogens (tertiary/aromatic N) is 3. The smallest absolute Gasteiger partial charge is 0.296 e. The van der Waals surface area contributed by atoms with Crippen molar-refractivity contribution in [2.75, 3.05) is 7.11 Å². The first-order valence-corrected chi connectivity index (χ1v) is 8.83.